The summed E-state index contributed by atoms with van der Waals surface area (Å²) in [5.74, 6) is 0.498. The standard InChI is InChI=1S/C28H33NO4S.C25H27NO4S.C24H26N2O4.C24H25NO4S/c1-27(2,3)16-6-8-17(9-7-16)34-26-18-10-11-20(30)25(32)23(18)28-12-13-29(4)24(26)19(28)14-22(33-5)21(31)15-28;1-14-4-6-15(7-5-14)31-24-16-8-9-18(27)23(29)21(16)25-10-11-26(2)22(24)17(25)12-20(30-3)19(28)13-25;1-26-11-10-24-13-18(28)19(30-2)12-16(24)22(26)21(25-14-6-4-3-5-7-14)15-8-9-17(27)23(29)20(15)24;1-25-11-10-24-13-18(27)19(29-2)12-16(24)21(25)23(30-14-6-4-3-5-7-14)15-8-9-17(26)22(28)20(15)24/h6-11,14,19,24,26,30,32H,12-13,15H2,1-5H3;4-9,12,17,22,24,27,29H,10-11,13H2,1-3H3;3-9,12,16,21-22,25,27,29H,10-11,13H2,1-2H3;3-9,12,16,21,23,26,28H,10-11,13H2,1-2H3/t19?,24-,26-,28-;17?,22-,24-,25-;16?,21-,22-,24-;16?,21-,23-,24-/m1111/s1. The number of phenols is 8. The molecule has 8 aromatic carbocycles. The average Bonchev–Trinajstić information content (AvgIpc) is 0.709. The molecule has 0 spiro atoms. The Bertz CT molecular complexity index is 5540. The van der Waals surface area contributed by atoms with E-state index in [4.69, 9.17) is 18.9 Å². The number of Topliss-reactive ketones (excluding diaryl/α,β-unsaturated/α-hetero) is 4. The second kappa shape index (κ2) is 33.5. The Morgan fingerprint density at radius 2 is 0.640 bits per heavy atom. The van der Waals surface area contributed by atoms with Gasteiger partial charge in [-0.15, -0.1) is 35.3 Å². The highest BCUT2D eigenvalue weighted by Crippen LogP contribution is 2.68. The number of likely N-dealkylation sites (tertiary alicyclic amines) is 4. The lowest BCUT2D eigenvalue weighted by molar-refractivity contribution is -0.123. The van der Waals surface area contributed by atoms with Crippen LogP contribution in [0.4, 0.5) is 5.69 Å². The topological polar surface area (TPSA) is 292 Å². The minimum atomic E-state index is -0.552. The summed E-state index contributed by atoms with van der Waals surface area (Å²) in [5, 5.41) is 89.5. The van der Waals surface area contributed by atoms with Gasteiger partial charge in [-0.1, -0.05) is 111 Å². The highest BCUT2D eigenvalue weighted by atomic mass is 32.2. The maximum atomic E-state index is 13.0. The molecule has 4 saturated heterocycles. The summed E-state index contributed by atoms with van der Waals surface area (Å²) >= 11 is 5.33. The van der Waals surface area contributed by atoms with Gasteiger partial charge in [0.2, 0.25) is 0 Å². The van der Waals surface area contributed by atoms with Gasteiger partial charge in [0.25, 0.3) is 0 Å². The Morgan fingerprint density at radius 3 is 0.960 bits per heavy atom. The molecular weight excluding hydrogens is 1640 g/mol. The molecule has 12 aliphatic rings. The van der Waals surface area contributed by atoms with Crippen molar-refractivity contribution < 1.29 is 79.0 Å². The summed E-state index contributed by atoms with van der Waals surface area (Å²) in [5.41, 5.74) is 8.31. The van der Waals surface area contributed by atoms with Crippen molar-refractivity contribution in [3.63, 3.8) is 0 Å². The van der Waals surface area contributed by atoms with Gasteiger partial charge in [-0.3, -0.25) is 19.2 Å². The summed E-state index contributed by atoms with van der Waals surface area (Å²) in [6.45, 7) is 12.0. The van der Waals surface area contributed by atoms with E-state index in [9.17, 15) is 60.0 Å². The van der Waals surface area contributed by atoms with Crippen molar-refractivity contribution in [1.29, 1.82) is 0 Å². The minimum absolute atomic E-state index is 0.00190. The van der Waals surface area contributed by atoms with Crippen molar-refractivity contribution in [2.24, 2.45) is 23.7 Å². The molecule has 0 saturated carbocycles. The monoisotopic (exact) mass is 1750 g/mol. The van der Waals surface area contributed by atoms with Crippen LogP contribution in [0.1, 0.15) is 150 Å². The third-order valence-corrected chi connectivity index (χ3v) is 33.5. The number of fused-ring (bicyclic) bond motifs is 4. The number of nitrogens with zero attached hydrogens (tertiary/aromatic N) is 4. The van der Waals surface area contributed by atoms with E-state index in [0.29, 0.717) is 28.6 Å². The third kappa shape index (κ3) is 14.6. The zero-order valence-corrected chi connectivity index (χ0v) is 75.0. The molecule has 24 heteroatoms. The maximum Gasteiger partial charge on any atom is 0.197 e. The first kappa shape index (κ1) is 86.8. The van der Waals surface area contributed by atoms with Crippen LogP contribution in [0.3, 0.4) is 0 Å². The number of thioether (sulfide) groups is 3. The number of rotatable bonds is 12. The van der Waals surface area contributed by atoms with Crippen LogP contribution in [0.25, 0.3) is 0 Å². The molecule has 4 unspecified atom stereocenters. The molecule has 4 fully saturated rings. The smallest absolute Gasteiger partial charge is 0.197 e. The third-order valence-electron chi connectivity index (χ3n) is 29.6. The van der Waals surface area contributed by atoms with Crippen LogP contribution in [0, 0.1) is 30.6 Å². The highest BCUT2D eigenvalue weighted by molar-refractivity contribution is 8.00. The fourth-order valence-corrected chi connectivity index (χ4v) is 27.9. The van der Waals surface area contributed by atoms with Gasteiger partial charge in [0.15, 0.2) is 92.2 Å². The van der Waals surface area contributed by atoms with Crippen LogP contribution < -0.4 is 5.32 Å². The lowest BCUT2D eigenvalue weighted by Crippen LogP contribution is -2.62. The van der Waals surface area contributed by atoms with E-state index >= 15 is 0 Å². The molecule has 125 heavy (non-hydrogen) atoms. The summed E-state index contributed by atoms with van der Waals surface area (Å²) in [6.07, 6.45) is 11.9. The number of methoxy groups -OCH3 is 4. The zero-order valence-electron chi connectivity index (χ0n) is 72.6. The lowest BCUT2D eigenvalue weighted by Gasteiger charge is -2.59. The molecule has 654 valence electrons. The molecule has 21 nitrogen and oxygen atoms in total. The molecule has 8 aromatic rings. The van der Waals surface area contributed by atoms with Crippen LogP contribution in [0.15, 0.2) is 220 Å². The summed E-state index contributed by atoms with van der Waals surface area (Å²) in [7, 11) is 14.7. The number of piperidine rings is 4. The van der Waals surface area contributed by atoms with E-state index in [1.807, 2.05) is 97.1 Å². The number of nitrogens with one attached hydrogen (secondary N) is 1. The van der Waals surface area contributed by atoms with Gasteiger partial charge in [0, 0.05) is 138 Å². The lowest BCUT2D eigenvalue weighted by atomic mass is 9.52. The first-order valence-electron chi connectivity index (χ1n) is 43.1. The molecule has 0 amide bonds. The summed E-state index contributed by atoms with van der Waals surface area (Å²) < 4.78 is 21.7. The quantitative estimate of drug-likeness (QED) is 0.0514. The predicted octanol–water partition coefficient (Wildman–Crippen LogP) is 16.9. The number of ether oxygens (including phenoxy) is 4. The van der Waals surface area contributed by atoms with E-state index in [-0.39, 0.29) is 170 Å². The summed E-state index contributed by atoms with van der Waals surface area (Å²) in [4.78, 5) is 64.6. The average molecular weight is 1750 g/mol. The van der Waals surface area contributed by atoms with E-state index in [0.717, 1.165) is 111 Å². The minimum Gasteiger partial charge on any atom is -0.504 e. The number of carbonyl (C=O) groups is 4. The van der Waals surface area contributed by atoms with Gasteiger partial charge in [0.05, 0.1) is 50.2 Å². The van der Waals surface area contributed by atoms with E-state index < -0.39 is 21.7 Å². The molecule has 8 bridgehead atoms. The number of aryl methyl sites for hydroxylation is 1. The Hall–Kier alpha value is -10.3. The number of phenolic OH excluding ortho intramolecular Hbond substituents is 8. The first-order chi connectivity index (χ1) is 59.8. The van der Waals surface area contributed by atoms with Crippen molar-refractivity contribution in [3.05, 3.63) is 261 Å². The predicted molar refractivity (Wildman–Crippen MR) is 484 cm³/mol. The second-order valence-electron chi connectivity index (χ2n) is 37.0. The van der Waals surface area contributed by atoms with E-state index in [2.05, 4.69) is 141 Å². The van der Waals surface area contributed by atoms with Crippen LogP contribution in [-0.4, -0.2) is 191 Å². The molecule has 16 atom stereocenters. The number of likely N-dealkylation sites (N-methyl/N-ethyl adjacent to an activating group) is 4. The van der Waals surface area contributed by atoms with Crippen molar-refractivity contribution in [1.82, 2.24) is 19.6 Å². The number of anilines is 1. The first-order valence-corrected chi connectivity index (χ1v) is 45.7. The Labute approximate surface area is 743 Å². The Morgan fingerprint density at radius 1 is 0.360 bits per heavy atom. The van der Waals surface area contributed by atoms with Crippen molar-refractivity contribution in [3.8, 4) is 46.0 Å². The van der Waals surface area contributed by atoms with Crippen LogP contribution in [-0.2, 0) is 65.2 Å². The number of hydrogen-bond donors (Lipinski definition) is 9. The van der Waals surface area contributed by atoms with Gasteiger partial charge in [-0.2, -0.15) is 0 Å². The number of aromatic hydroxyl groups is 8. The molecular formula is C101H111N5O16S3. The van der Waals surface area contributed by atoms with Gasteiger partial charge in [0.1, 0.15) is 0 Å². The molecule has 20 rings (SSSR count). The number of ketones is 4. The zero-order chi connectivity index (χ0) is 88.4. The van der Waals surface area contributed by atoms with Crippen molar-refractivity contribution >= 4 is 64.1 Å². The molecule has 9 N–H and O–H groups in total. The van der Waals surface area contributed by atoms with E-state index in [1.165, 1.54) is 25.3 Å². The van der Waals surface area contributed by atoms with Gasteiger partial charge in [-0.25, -0.2) is 0 Å². The van der Waals surface area contributed by atoms with Gasteiger partial charge >= 0.3 is 0 Å². The largest absolute Gasteiger partial charge is 0.504 e. The van der Waals surface area contributed by atoms with Crippen molar-refractivity contribution in [2.75, 3.05) is 88.1 Å². The normalized spacial score (nSPS) is 29.7. The van der Waals surface area contributed by atoms with E-state index in [1.54, 1.807) is 73.8 Å². The Balaban J connectivity index is 0.000000118. The van der Waals surface area contributed by atoms with Gasteiger partial charge < -0.3 is 84.7 Å². The maximum absolute atomic E-state index is 13.0. The molecule has 4 heterocycles. The fourth-order valence-electron chi connectivity index (χ4n) is 23.6. The van der Waals surface area contributed by atoms with Crippen molar-refractivity contribution in [2.45, 2.75) is 167 Å². The number of carbonyl (C=O) groups excluding carboxylic acids is 4. The number of para-hydroxylation sites is 1. The fraction of sp³-hybridized carbons (Fsp3) is 0.406. The van der Waals surface area contributed by atoms with Crippen LogP contribution >= 0.6 is 35.3 Å². The SMILES string of the molecule is COC1=CC2[C@@H]3[C@H](Nc4ccccc4)c4ccc(O)c(O)c4[C@]2(CCN3C)CC1=O.COC1=CC2[C@@H]3[C@H](Sc4ccc(C(C)(C)C)cc4)c4ccc(O)c(O)c4[C@]2(CCN3C)CC1=O.COC1=CC2[C@@H]3[C@H](Sc4ccc(C)cc4)c4ccc(O)c(O)c4[C@]2(CCN3C)CC1=O.COC1=CC2[C@@H]3[C@H](Sc4ccccc4)c4ccc(O)c(O)c4[C@]2(CCN3C)CC1=O. The molecule has 4 aliphatic heterocycles. The number of benzene rings is 8. The summed E-state index contributed by atoms with van der Waals surface area (Å²) in [6, 6.07) is 51.7. The molecule has 0 radical (unpaired) electrons. The molecule has 0 aromatic heterocycles. The Kier molecular flexibility index (Phi) is 23.2. The highest BCUT2D eigenvalue weighted by Gasteiger charge is 2.65. The number of hydrogen-bond acceptors (Lipinski definition) is 24. The van der Waals surface area contributed by atoms with Crippen LogP contribution in [0.5, 0.6) is 46.0 Å². The number of allylic oxidation sites excluding steroid dienone is 4. The molecule has 8 aliphatic carbocycles. The van der Waals surface area contributed by atoms with Gasteiger partial charge in [-0.05, 0) is 217 Å². The van der Waals surface area contributed by atoms with Crippen LogP contribution in [0.2, 0.25) is 0 Å². The second-order valence-corrected chi connectivity index (χ2v) is 40.7.